The zero-order valence-corrected chi connectivity index (χ0v) is 15.0. The summed E-state index contributed by atoms with van der Waals surface area (Å²) in [6, 6.07) is 5.61. The molecule has 0 spiro atoms. The monoisotopic (exact) mass is 347 g/mol. The van der Waals surface area contributed by atoms with Gasteiger partial charge in [0.1, 0.15) is 6.04 Å². The van der Waals surface area contributed by atoms with Crippen molar-refractivity contribution in [1.29, 1.82) is 0 Å². The average Bonchev–Trinajstić information content (AvgIpc) is 2.89. The second-order valence-electron chi connectivity index (χ2n) is 6.06. The van der Waals surface area contributed by atoms with Crippen LogP contribution in [0.15, 0.2) is 24.3 Å². The predicted octanol–water partition coefficient (Wildman–Crippen LogP) is 2.81. The predicted molar refractivity (Wildman–Crippen MR) is 92.3 cm³/mol. The van der Waals surface area contributed by atoms with Crippen LogP contribution >= 0.6 is 0 Å². The number of rotatable bonds is 9. The van der Waals surface area contributed by atoms with Crippen LogP contribution in [-0.2, 0) is 14.3 Å². The maximum absolute atomic E-state index is 12.7. The summed E-state index contributed by atoms with van der Waals surface area (Å²) in [4.78, 5) is 38.6. The summed E-state index contributed by atoms with van der Waals surface area (Å²) in [6.45, 7) is 4.61. The molecule has 136 valence electrons. The Kier molecular flexibility index (Phi) is 6.70. The Balaban J connectivity index is 2.22. The topological polar surface area (TPSA) is 72.9 Å². The Morgan fingerprint density at radius 2 is 1.72 bits per heavy atom. The van der Waals surface area contributed by atoms with Gasteiger partial charge in [0.2, 0.25) is 0 Å². The largest absolute Gasteiger partial charge is 0.467 e. The van der Waals surface area contributed by atoms with Crippen molar-refractivity contribution >= 4 is 17.8 Å². The van der Waals surface area contributed by atoms with Gasteiger partial charge in [-0.15, -0.1) is 0 Å². The molecular weight excluding hydrogens is 322 g/mol. The van der Waals surface area contributed by atoms with Gasteiger partial charge < -0.3 is 9.47 Å². The molecular formula is C19H25NO5. The fourth-order valence-electron chi connectivity index (χ4n) is 2.93. The molecule has 1 aliphatic rings. The molecule has 2 rings (SSSR count). The molecule has 0 aliphatic carbocycles. The fraction of sp³-hybridized carbons (Fsp3) is 0.526. The summed E-state index contributed by atoms with van der Waals surface area (Å²) in [5, 5.41) is 0. The van der Waals surface area contributed by atoms with Crippen molar-refractivity contribution in [2.75, 3.05) is 13.7 Å². The third-order valence-corrected chi connectivity index (χ3v) is 4.40. The van der Waals surface area contributed by atoms with Crippen molar-refractivity contribution in [3.8, 4) is 0 Å². The Morgan fingerprint density at radius 1 is 1.12 bits per heavy atom. The van der Waals surface area contributed by atoms with Crippen molar-refractivity contribution in [3.05, 3.63) is 35.4 Å². The molecule has 2 atom stereocenters. The van der Waals surface area contributed by atoms with Crippen molar-refractivity contribution in [2.24, 2.45) is 0 Å². The minimum absolute atomic E-state index is 0.222. The molecule has 0 saturated heterocycles. The highest BCUT2D eigenvalue weighted by molar-refractivity contribution is 6.22. The molecule has 1 unspecified atom stereocenters. The first-order chi connectivity index (χ1) is 12.0. The SMILES string of the molecule is CCCCOC(CC)C[C@H](C(=O)OC)N1C(=O)c2ccccc2C1=O. The Labute approximate surface area is 148 Å². The van der Waals surface area contributed by atoms with E-state index in [1.165, 1.54) is 7.11 Å². The molecule has 0 N–H and O–H groups in total. The van der Waals surface area contributed by atoms with E-state index in [1.54, 1.807) is 24.3 Å². The van der Waals surface area contributed by atoms with E-state index in [-0.39, 0.29) is 12.5 Å². The smallest absolute Gasteiger partial charge is 0.329 e. The van der Waals surface area contributed by atoms with Crippen LogP contribution in [0.3, 0.4) is 0 Å². The summed E-state index contributed by atoms with van der Waals surface area (Å²) < 4.78 is 10.7. The van der Waals surface area contributed by atoms with E-state index in [9.17, 15) is 14.4 Å². The molecule has 0 radical (unpaired) electrons. The van der Waals surface area contributed by atoms with E-state index in [1.807, 2.05) is 6.92 Å². The van der Waals surface area contributed by atoms with Crippen molar-refractivity contribution < 1.29 is 23.9 Å². The molecule has 25 heavy (non-hydrogen) atoms. The summed E-state index contributed by atoms with van der Waals surface area (Å²) in [6.07, 6.45) is 2.63. The van der Waals surface area contributed by atoms with Crippen molar-refractivity contribution in [1.82, 2.24) is 4.90 Å². The van der Waals surface area contributed by atoms with Crippen LogP contribution in [0.25, 0.3) is 0 Å². The number of methoxy groups -OCH3 is 1. The van der Waals surface area contributed by atoms with Gasteiger partial charge in [-0.1, -0.05) is 32.4 Å². The fourth-order valence-corrected chi connectivity index (χ4v) is 2.93. The van der Waals surface area contributed by atoms with Gasteiger partial charge in [-0.25, -0.2) is 4.79 Å². The van der Waals surface area contributed by atoms with Crippen LogP contribution in [0.2, 0.25) is 0 Å². The highest BCUT2D eigenvalue weighted by Crippen LogP contribution is 2.27. The van der Waals surface area contributed by atoms with E-state index >= 15 is 0 Å². The minimum Gasteiger partial charge on any atom is -0.467 e. The van der Waals surface area contributed by atoms with E-state index in [2.05, 4.69) is 6.92 Å². The minimum atomic E-state index is -0.982. The Bertz CT molecular complexity index is 607. The molecule has 0 fully saturated rings. The summed E-state index contributed by atoms with van der Waals surface area (Å²) in [7, 11) is 1.26. The van der Waals surface area contributed by atoms with Gasteiger partial charge in [-0.3, -0.25) is 14.5 Å². The number of amides is 2. The second kappa shape index (κ2) is 8.76. The molecule has 6 nitrogen and oxygen atoms in total. The normalized spacial score (nSPS) is 15.9. The third-order valence-electron chi connectivity index (χ3n) is 4.40. The standard InChI is InChI=1S/C19H25NO5/c1-4-6-11-25-13(5-2)12-16(19(23)24-3)20-17(21)14-9-7-8-10-15(14)18(20)22/h7-10,13,16H,4-6,11-12H2,1-3H3/t13?,16-/m1/s1. The van der Waals surface area contributed by atoms with Crippen LogP contribution in [0, 0.1) is 0 Å². The number of hydrogen-bond acceptors (Lipinski definition) is 5. The van der Waals surface area contributed by atoms with E-state index in [0.29, 0.717) is 24.2 Å². The molecule has 0 bridgehead atoms. The molecule has 1 aromatic carbocycles. The van der Waals surface area contributed by atoms with Crippen LogP contribution in [0.1, 0.15) is 60.2 Å². The molecule has 0 saturated carbocycles. The molecule has 1 aromatic rings. The van der Waals surface area contributed by atoms with Crippen molar-refractivity contribution in [2.45, 2.75) is 51.7 Å². The molecule has 0 aromatic heterocycles. The highest BCUT2D eigenvalue weighted by atomic mass is 16.5. The van der Waals surface area contributed by atoms with E-state index in [0.717, 1.165) is 17.7 Å². The van der Waals surface area contributed by atoms with Crippen LogP contribution in [0.4, 0.5) is 0 Å². The third kappa shape index (κ3) is 4.07. The quantitative estimate of drug-likeness (QED) is 0.390. The first-order valence-corrected chi connectivity index (χ1v) is 8.71. The molecule has 1 heterocycles. The van der Waals surface area contributed by atoms with Crippen molar-refractivity contribution in [3.63, 3.8) is 0 Å². The van der Waals surface area contributed by atoms with E-state index < -0.39 is 23.8 Å². The first kappa shape index (κ1) is 19.1. The van der Waals surface area contributed by atoms with Crippen LogP contribution in [0.5, 0.6) is 0 Å². The molecule has 6 heteroatoms. The number of benzene rings is 1. The number of hydrogen-bond donors (Lipinski definition) is 0. The zero-order valence-electron chi connectivity index (χ0n) is 15.0. The van der Waals surface area contributed by atoms with Gasteiger partial charge in [0, 0.05) is 13.0 Å². The summed E-state index contributed by atoms with van der Waals surface area (Å²) in [5.41, 5.74) is 0.641. The first-order valence-electron chi connectivity index (χ1n) is 8.71. The lowest BCUT2D eigenvalue weighted by Crippen LogP contribution is -2.47. The lowest BCUT2D eigenvalue weighted by molar-refractivity contribution is -0.146. The van der Waals surface area contributed by atoms with Gasteiger partial charge in [0.05, 0.1) is 24.3 Å². The summed E-state index contributed by atoms with van der Waals surface area (Å²) >= 11 is 0. The Hall–Kier alpha value is -2.21. The van der Waals surface area contributed by atoms with Gasteiger partial charge in [0.25, 0.3) is 11.8 Å². The molecule has 1 aliphatic heterocycles. The van der Waals surface area contributed by atoms with Gasteiger partial charge in [-0.05, 0) is 25.0 Å². The maximum Gasteiger partial charge on any atom is 0.329 e. The van der Waals surface area contributed by atoms with Gasteiger partial charge in [-0.2, -0.15) is 0 Å². The number of esters is 1. The number of carbonyl (C=O) groups is 3. The number of ether oxygens (including phenoxy) is 2. The Morgan fingerprint density at radius 3 is 2.20 bits per heavy atom. The average molecular weight is 347 g/mol. The maximum atomic E-state index is 12.7. The zero-order chi connectivity index (χ0) is 18.4. The lowest BCUT2D eigenvalue weighted by Gasteiger charge is -2.27. The highest BCUT2D eigenvalue weighted by Gasteiger charge is 2.43. The number of unbranched alkanes of at least 4 members (excludes halogenated alkanes) is 1. The molecule has 2 amide bonds. The van der Waals surface area contributed by atoms with Gasteiger partial charge >= 0.3 is 5.97 Å². The second-order valence-corrected chi connectivity index (χ2v) is 6.06. The lowest BCUT2D eigenvalue weighted by atomic mass is 10.1. The summed E-state index contributed by atoms with van der Waals surface area (Å²) in [5.74, 6) is -1.52. The number of imide groups is 1. The number of nitrogens with zero attached hydrogens (tertiary/aromatic N) is 1. The van der Waals surface area contributed by atoms with Gasteiger partial charge in [0.15, 0.2) is 0 Å². The van der Waals surface area contributed by atoms with E-state index in [4.69, 9.17) is 9.47 Å². The van der Waals surface area contributed by atoms with Crippen LogP contribution < -0.4 is 0 Å². The number of carbonyl (C=O) groups excluding carboxylic acids is 3. The van der Waals surface area contributed by atoms with Crippen LogP contribution in [-0.4, -0.2) is 48.5 Å². The number of fused-ring (bicyclic) bond motifs is 1.